The summed E-state index contributed by atoms with van der Waals surface area (Å²) in [4.78, 5) is 8.85. The number of anilines is 1. The molecule has 2 aromatic carbocycles. The molecule has 144 valence electrons. The van der Waals surface area contributed by atoms with Crippen LogP contribution in [0.1, 0.15) is 16.7 Å². The van der Waals surface area contributed by atoms with E-state index in [1.165, 1.54) is 5.56 Å². The number of nitriles is 1. The molecule has 1 aliphatic heterocycles. The monoisotopic (exact) mass is 382 g/mol. The highest BCUT2D eigenvalue weighted by molar-refractivity contribution is 5.85. The minimum atomic E-state index is 0.665. The number of benzene rings is 2. The van der Waals surface area contributed by atoms with Gasteiger partial charge in [0.1, 0.15) is 18.4 Å². The molecule has 4 aromatic rings. The molecule has 3 heterocycles. The third-order valence-electron chi connectivity index (χ3n) is 5.96. The number of aromatic nitrogens is 2. The van der Waals surface area contributed by atoms with Gasteiger partial charge in [-0.05, 0) is 30.7 Å². The molecule has 29 heavy (non-hydrogen) atoms. The van der Waals surface area contributed by atoms with E-state index < -0.39 is 0 Å². The number of quaternary nitrogens is 1. The smallest absolute Gasteiger partial charge is 0.157 e. The van der Waals surface area contributed by atoms with Crippen molar-refractivity contribution in [2.24, 2.45) is 0 Å². The first-order chi connectivity index (χ1) is 14.2. The van der Waals surface area contributed by atoms with Crippen LogP contribution in [0.3, 0.4) is 0 Å². The molecule has 0 spiro atoms. The quantitative estimate of drug-likeness (QED) is 0.593. The Labute approximate surface area is 170 Å². The predicted molar refractivity (Wildman–Crippen MR) is 115 cm³/mol. The third-order valence-corrected chi connectivity index (χ3v) is 5.96. The molecule has 0 saturated carbocycles. The van der Waals surface area contributed by atoms with Crippen molar-refractivity contribution in [1.29, 1.82) is 5.26 Å². The number of piperazine rings is 1. The maximum atomic E-state index is 9.70. The van der Waals surface area contributed by atoms with Crippen LogP contribution in [0, 0.1) is 18.3 Å². The summed E-state index contributed by atoms with van der Waals surface area (Å²) in [7, 11) is 0. The molecule has 1 fully saturated rings. The highest BCUT2D eigenvalue weighted by atomic mass is 15.3. The summed E-state index contributed by atoms with van der Waals surface area (Å²) in [5, 5.41) is 9.70. The molecule has 0 radical (unpaired) electrons. The second-order valence-electron chi connectivity index (χ2n) is 7.83. The predicted octanol–water partition coefficient (Wildman–Crippen LogP) is 2.57. The fraction of sp³-hybridized carbons (Fsp3) is 0.250. The number of hydrogen-bond acceptors (Lipinski definition) is 3. The van der Waals surface area contributed by atoms with Crippen LogP contribution in [0.5, 0.6) is 0 Å². The van der Waals surface area contributed by atoms with E-state index in [4.69, 9.17) is 4.98 Å². The fourth-order valence-corrected chi connectivity index (χ4v) is 4.42. The molecule has 1 saturated heterocycles. The lowest BCUT2D eigenvalue weighted by Crippen LogP contribution is -3.13. The van der Waals surface area contributed by atoms with E-state index >= 15 is 0 Å². The van der Waals surface area contributed by atoms with Crippen molar-refractivity contribution in [2.75, 3.05) is 31.1 Å². The summed E-state index contributed by atoms with van der Waals surface area (Å²) >= 11 is 0. The van der Waals surface area contributed by atoms with E-state index in [2.05, 4.69) is 57.8 Å². The van der Waals surface area contributed by atoms with Crippen LogP contribution in [0.25, 0.3) is 16.7 Å². The van der Waals surface area contributed by atoms with E-state index in [9.17, 15) is 5.26 Å². The summed E-state index contributed by atoms with van der Waals surface area (Å²) in [6.45, 7) is 7.27. The first-order valence-electron chi connectivity index (χ1n) is 10.2. The van der Waals surface area contributed by atoms with Gasteiger partial charge in [-0.2, -0.15) is 5.26 Å². The second-order valence-corrected chi connectivity index (χ2v) is 7.83. The molecule has 1 N–H and O–H groups in total. The maximum absolute atomic E-state index is 9.70. The molecule has 2 aromatic heterocycles. The molecule has 0 aliphatic carbocycles. The summed E-state index contributed by atoms with van der Waals surface area (Å²) in [5.41, 5.74) is 5.82. The number of fused-ring (bicyclic) bond motifs is 3. The van der Waals surface area contributed by atoms with Gasteiger partial charge in [-0.15, -0.1) is 0 Å². The highest BCUT2D eigenvalue weighted by Crippen LogP contribution is 2.28. The maximum Gasteiger partial charge on any atom is 0.157 e. The Morgan fingerprint density at radius 3 is 2.52 bits per heavy atom. The number of aryl methyl sites for hydroxylation is 1. The molecule has 0 atom stereocenters. The van der Waals surface area contributed by atoms with Gasteiger partial charge < -0.3 is 9.80 Å². The molecule has 0 bridgehead atoms. The van der Waals surface area contributed by atoms with Gasteiger partial charge in [0.25, 0.3) is 0 Å². The van der Waals surface area contributed by atoms with Gasteiger partial charge in [0.15, 0.2) is 5.65 Å². The Morgan fingerprint density at radius 2 is 1.76 bits per heavy atom. The van der Waals surface area contributed by atoms with Crippen LogP contribution >= 0.6 is 0 Å². The van der Waals surface area contributed by atoms with Crippen LogP contribution in [0.4, 0.5) is 5.82 Å². The van der Waals surface area contributed by atoms with Crippen LogP contribution in [0.15, 0.2) is 60.7 Å². The Bertz CT molecular complexity index is 1210. The summed E-state index contributed by atoms with van der Waals surface area (Å²) in [6.07, 6.45) is 0. The van der Waals surface area contributed by atoms with E-state index in [1.54, 1.807) is 4.90 Å². The van der Waals surface area contributed by atoms with E-state index in [0.717, 1.165) is 60.8 Å². The van der Waals surface area contributed by atoms with Gasteiger partial charge in [-0.25, -0.2) is 4.98 Å². The average Bonchev–Trinajstić information content (AvgIpc) is 3.14. The molecular formula is C24H24N5+. The average molecular weight is 382 g/mol. The zero-order valence-corrected chi connectivity index (χ0v) is 16.6. The van der Waals surface area contributed by atoms with E-state index in [0.29, 0.717) is 5.56 Å². The van der Waals surface area contributed by atoms with Crippen molar-refractivity contribution in [2.45, 2.75) is 13.5 Å². The van der Waals surface area contributed by atoms with Gasteiger partial charge in [0.05, 0.1) is 42.8 Å². The molecular weight excluding hydrogens is 358 g/mol. The Morgan fingerprint density at radius 1 is 1.03 bits per heavy atom. The van der Waals surface area contributed by atoms with Crippen molar-refractivity contribution >= 4 is 22.5 Å². The first kappa shape index (κ1) is 17.7. The van der Waals surface area contributed by atoms with Gasteiger partial charge in [0, 0.05) is 5.56 Å². The van der Waals surface area contributed by atoms with E-state index in [1.807, 2.05) is 25.1 Å². The third kappa shape index (κ3) is 3.12. The zero-order valence-electron chi connectivity index (χ0n) is 16.6. The minimum absolute atomic E-state index is 0.665. The number of rotatable bonds is 3. The Hall–Kier alpha value is -3.36. The lowest BCUT2D eigenvalue weighted by Gasteiger charge is -2.34. The molecule has 5 rings (SSSR count). The number of nitrogens with zero attached hydrogens (tertiary/aromatic N) is 4. The van der Waals surface area contributed by atoms with E-state index in [-0.39, 0.29) is 0 Å². The van der Waals surface area contributed by atoms with Crippen molar-refractivity contribution in [3.63, 3.8) is 0 Å². The van der Waals surface area contributed by atoms with Crippen LogP contribution in [-0.2, 0) is 6.54 Å². The minimum Gasteiger partial charge on any atom is -0.346 e. The van der Waals surface area contributed by atoms with Crippen LogP contribution in [-0.4, -0.2) is 35.6 Å². The molecule has 5 heteroatoms. The standard InChI is InChI=1S/C24H23N5/c1-18-15-23(28-13-11-27(12-14-28)17-19-7-3-2-4-8-19)29-22-10-6-5-9-21(22)26-24(29)20(18)16-25/h2-10,15H,11-14,17H2,1H3/p+1. The van der Waals surface area contributed by atoms with Crippen LogP contribution in [0.2, 0.25) is 0 Å². The van der Waals surface area contributed by atoms with Crippen LogP contribution < -0.4 is 9.80 Å². The summed E-state index contributed by atoms with van der Waals surface area (Å²) < 4.78 is 2.17. The largest absolute Gasteiger partial charge is 0.346 e. The molecule has 0 unspecified atom stereocenters. The highest BCUT2D eigenvalue weighted by Gasteiger charge is 2.24. The molecule has 0 amide bonds. The number of para-hydroxylation sites is 2. The van der Waals surface area contributed by atoms with Crippen molar-refractivity contribution < 1.29 is 4.90 Å². The van der Waals surface area contributed by atoms with Crippen molar-refractivity contribution in [3.8, 4) is 6.07 Å². The normalized spacial score (nSPS) is 15.1. The summed E-state index contributed by atoms with van der Waals surface area (Å²) in [5.74, 6) is 1.14. The van der Waals surface area contributed by atoms with Gasteiger partial charge in [-0.3, -0.25) is 4.40 Å². The van der Waals surface area contributed by atoms with Gasteiger partial charge >= 0.3 is 0 Å². The second kappa shape index (κ2) is 7.23. The number of imidazole rings is 1. The van der Waals surface area contributed by atoms with Gasteiger partial charge in [-0.1, -0.05) is 42.5 Å². The van der Waals surface area contributed by atoms with Crippen molar-refractivity contribution in [1.82, 2.24) is 9.38 Å². The molecule has 5 nitrogen and oxygen atoms in total. The Kier molecular flexibility index (Phi) is 4.42. The first-order valence-corrected chi connectivity index (χ1v) is 10.2. The number of nitrogens with one attached hydrogen (secondary N) is 1. The number of hydrogen-bond donors (Lipinski definition) is 1. The topological polar surface area (TPSA) is 48.8 Å². The summed E-state index contributed by atoms with van der Waals surface area (Å²) in [6, 6.07) is 23.4. The number of pyridine rings is 1. The van der Waals surface area contributed by atoms with Crippen molar-refractivity contribution in [3.05, 3.63) is 77.4 Å². The fourth-order valence-electron chi connectivity index (χ4n) is 4.42. The lowest BCUT2D eigenvalue weighted by atomic mass is 10.1. The molecule has 1 aliphatic rings. The lowest BCUT2D eigenvalue weighted by molar-refractivity contribution is -0.914. The van der Waals surface area contributed by atoms with Gasteiger partial charge in [0.2, 0.25) is 0 Å². The SMILES string of the molecule is Cc1cc(N2CC[NH+](Cc3ccccc3)CC2)n2c(nc3ccccc32)c1C#N. The Balaban J connectivity index is 1.49. The zero-order chi connectivity index (χ0) is 19.8.